The lowest BCUT2D eigenvalue weighted by molar-refractivity contribution is -0.715. The van der Waals surface area contributed by atoms with Crippen molar-refractivity contribution in [3.63, 3.8) is 0 Å². The fourth-order valence-corrected chi connectivity index (χ4v) is 3.43. The summed E-state index contributed by atoms with van der Waals surface area (Å²) in [5.74, 6) is 1.56. The maximum Gasteiger partial charge on any atom is 0.282 e. The van der Waals surface area contributed by atoms with Gasteiger partial charge in [-0.1, -0.05) is 32.9 Å². The van der Waals surface area contributed by atoms with Gasteiger partial charge < -0.3 is 10.6 Å². The third-order valence-electron chi connectivity index (χ3n) is 5.35. The van der Waals surface area contributed by atoms with E-state index in [0.29, 0.717) is 12.0 Å². The average molecular weight is 303 g/mol. The summed E-state index contributed by atoms with van der Waals surface area (Å²) in [6.07, 6.45) is 4.87. The summed E-state index contributed by atoms with van der Waals surface area (Å²) in [4.78, 5) is 12.4. The molecule has 1 aromatic carbocycles. The number of quaternary nitrogens is 1. The number of nitrogens with one attached hydrogen (secondary N) is 1. The molecular weight excluding hydrogens is 272 g/mol. The van der Waals surface area contributed by atoms with Crippen LogP contribution in [0.25, 0.3) is 0 Å². The molecule has 2 rings (SSSR count). The molecule has 3 N–H and O–H groups in total. The maximum absolute atomic E-state index is 12.4. The van der Waals surface area contributed by atoms with E-state index in [1.165, 1.54) is 24.8 Å². The minimum Gasteiger partial charge on any atom is -0.334 e. The van der Waals surface area contributed by atoms with Crippen LogP contribution in [0.15, 0.2) is 24.3 Å². The van der Waals surface area contributed by atoms with Crippen molar-refractivity contribution in [1.82, 2.24) is 0 Å². The van der Waals surface area contributed by atoms with Gasteiger partial charge in [-0.2, -0.15) is 0 Å². The first kappa shape index (κ1) is 17.0. The van der Waals surface area contributed by atoms with Crippen molar-refractivity contribution < 1.29 is 10.1 Å². The molecule has 122 valence electrons. The lowest BCUT2D eigenvalue weighted by atomic mass is 9.78. The number of carbonyl (C=O) groups is 1. The van der Waals surface area contributed by atoms with E-state index in [4.69, 9.17) is 0 Å². The highest BCUT2D eigenvalue weighted by molar-refractivity contribution is 5.93. The van der Waals surface area contributed by atoms with Crippen LogP contribution in [0, 0.1) is 11.8 Å². The topological polar surface area (TPSA) is 45.7 Å². The Kier molecular flexibility index (Phi) is 6.01. The van der Waals surface area contributed by atoms with Crippen molar-refractivity contribution in [2.45, 2.75) is 65.5 Å². The highest BCUT2D eigenvalue weighted by Crippen LogP contribution is 2.27. The largest absolute Gasteiger partial charge is 0.334 e. The van der Waals surface area contributed by atoms with Gasteiger partial charge in [0.1, 0.15) is 0 Å². The van der Waals surface area contributed by atoms with Crippen molar-refractivity contribution in [2.24, 2.45) is 11.8 Å². The van der Waals surface area contributed by atoms with E-state index < -0.39 is 0 Å². The zero-order valence-corrected chi connectivity index (χ0v) is 14.4. The van der Waals surface area contributed by atoms with Crippen LogP contribution in [0.3, 0.4) is 0 Å². The zero-order valence-electron chi connectivity index (χ0n) is 14.4. The van der Waals surface area contributed by atoms with Crippen molar-refractivity contribution in [1.29, 1.82) is 0 Å². The maximum atomic E-state index is 12.4. The number of hydrogen-bond donors (Lipinski definition) is 2. The molecule has 0 unspecified atom stereocenters. The van der Waals surface area contributed by atoms with Crippen LogP contribution >= 0.6 is 0 Å². The molecule has 3 nitrogen and oxygen atoms in total. The molecule has 1 saturated carbocycles. The molecule has 3 heteroatoms. The van der Waals surface area contributed by atoms with E-state index in [1.807, 2.05) is 19.1 Å². The first-order chi connectivity index (χ1) is 10.5. The molecule has 1 aliphatic carbocycles. The van der Waals surface area contributed by atoms with Crippen LogP contribution in [-0.2, 0) is 11.2 Å². The number of benzene rings is 1. The predicted molar refractivity (Wildman–Crippen MR) is 91.8 cm³/mol. The number of rotatable bonds is 5. The summed E-state index contributed by atoms with van der Waals surface area (Å²) in [5.41, 5.74) is 2.19. The van der Waals surface area contributed by atoms with Crippen molar-refractivity contribution in [3.8, 4) is 0 Å². The van der Waals surface area contributed by atoms with Crippen LogP contribution in [0.4, 0.5) is 5.69 Å². The quantitative estimate of drug-likeness (QED) is 0.863. The summed E-state index contributed by atoms with van der Waals surface area (Å²) >= 11 is 0. The van der Waals surface area contributed by atoms with E-state index >= 15 is 0 Å². The molecule has 1 fully saturated rings. The Morgan fingerprint density at radius 1 is 1.27 bits per heavy atom. The molecule has 0 heterocycles. The molecule has 0 radical (unpaired) electrons. The second kappa shape index (κ2) is 7.77. The molecule has 22 heavy (non-hydrogen) atoms. The highest BCUT2D eigenvalue weighted by atomic mass is 16.2. The summed E-state index contributed by atoms with van der Waals surface area (Å²) in [5, 5.41) is 5.31. The van der Waals surface area contributed by atoms with Gasteiger partial charge in [-0.05, 0) is 56.2 Å². The number of hydrogen-bond acceptors (Lipinski definition) is 1. The van der Waals surface area contributed by atoms with Crippen molar-refractivity contribution in [2.75, 3.05) is 5.32 Å². The molecule has 4 atom stereocenters. The fourth-order valence-electron chi connectivity index (χ4n) is 3.43. The molecule has 0 saturated heterocycles. The average Bonchev–Trinajstić information content (AvgIpc) is 2.52. The molecule has 1 aliphatic rings. The number of aryl methyl sites for hydroxylation is 1. The van der Waals surface area contributed by atoms with Crippen LogP contribution in [-0.4, -0.2) is 18.0 Å². The lowest BCUT2D eigenvalue weighted by Crippen LogP contribution is -2.97. The smallest absolute Gasteiger partial charge is 0.282 e. The molecule has 0 spiro atoms. The Morgan fingerprint density at radius 3 is 2.59 bits per heavy atom. The molecule has 1 aromatic rings. The number of amides is 1. The lowest BCUT2D eigenvalue weighted by Gasteiger charge is -2.33. The highest BCUT2D eigenvalue weighted by Gasteiger charge is 2.32. The van der Waals surface area contributed by atoms with E-state index in [9.17, 15) is 4.79 Å². The summed E-state index contributed by atoms with van der Waals surface area (Å²) in [7, 11) is 0. The fraction of sp³-hybridized carbons (Fsp3) is 0.632. The second-order valence-corrected chi connectivity index (χ2v) is 6.95. The van der Waals surface area contributed by atoms with Crippen molar-refractivity contribution >= 4 is 11.6 Å². The summed E-state index contributed by atoms with van der Waals surface area (Å²) < 4.78 is 0. The third-order valence-corrected chi connectivity index (χ3v) is 5.35. The van der Waals surface area contributed by atoms with Crippen LogP contribution in [0.2, 0.25) is 0 Å². The van der Waals surface area contributed by atoms with E-state index in [0.717, 1.165) is 18.0 Å². The van der Waals surface area contributed by atoms with Gasteiger partial charge >= 0.3 is 0 Å². The van der Waals surface area contributed by atoms with Crippen molar-refractivity contribution in [3.05, 3.63) is 29.8 Å². The number of nitrogens with two attached hydrogens (primary N) is 1. The van der Waals surface area contributed by atoms with Gasteiger partial charge in [0.2, 0.25) is 0 Å². The monoisotopic (exact) mass is 303 g/mol. The Hall–Kier alpha value is -1.35. The molecule has 0 aromatic heterocycles. The Bertz CT molecular complexity index is 483. The van der Waals surface area contributed by atoms with Gasteiger partial charge in [0.15, 0.2) is 6.04 Å². The van der Waals surface area contributed by atoms with E-state index in [-0.39, 0.29) is 11.9 Å². The predicted octanol–water partition coefficient (Wildman–Crippen LogP) is 2.96. The Balaban J connectivity index is 1.88. The van der Waals surface area contributed by atoms with Gasteiger partial charge in [-0.15, -0.1) is 0 Å². The number of anilines is 1. The molecule has 0 bridgehead atoms. The van der Waals surface area contributed by atoms with E-state index in [2.05, 4.69) is 43.5 Å². The third kappa shape index (κ3) is 4.33. The first-order valence-electron chi connectivity index (χ1n) is 8.76. The standard InChI is InChI=1S/C19H30N2O/c1-5-16-9-11-17(12-10-16)21-19(22)15(4)20-18-8-6-7-13(2)14(18)3/h9-15,18,20H,5-8H2,1-4H3,(H,21,22)/p+1/t13-,14-,15+,18-/m0/s1. The van der Waals surface area contributed by atoms with Gasteiger partial charge in [0, 0.05) is 11.6 Å². The summed E-state index contributed by atoms with van der Waals surface area (Å²) in [6.45, 7) is 8.82. The van der Waals surface area contributed by atoms with Gasteiger partial charge in [-0.3, -0.25) is 4.79 Å². The second-order valence-electron chi connectivity index (χ2n) is 6.95. The molecule has 0 aliphatic heterocycles. The van der Waals surface area contributed by atoms with Crippen LogP contribution < -0.4 is 10.6 Å². The van der Waals surface area contributed by atoms with E-state index in [1.54, 1.807) is 0 Å². The minimum absolute atomic E-state index is 0.0383. The van der Waals surface area contributed by atoms with Gasteiger partial charge in [0.25, 0.3) is 5.91 Å². The first-order valence-corrected chi connectivity index (χ1v) is 8.76. The van der Waals surface area contributed by atoms with Gasteiger partial charge in [0.05, 0.1) is 6.04 Å². The molecular formula is C19H31N2O+. The van der Waals surface area contributed by atoms with Gasteiger partial charge in [-0.25, -0.2) is 0 Å². The Labute approximate surface area is 134 Å². The SMILES string of the molecule is CCc1ccc(NC(=O)[C@@H](C)[NH2+][C@H]2CCC[C@H](C)[C@@H]2C)cc1. The number of carbonyl (C=O) groups excluding carboxylic acids is 1. The Morgan fingerprint density at radius 2 is 1.95 bits per heavy atom. The minimum atomic E-state index is -0.0383. The zero-order chi connectivity index (χ0) is 16.1. The van der Waals surface area contributed by atoms with Crippen LogP contribution in [0.5, 0.6) is 0 Å². The van der Waals surface area contributed by atoms with Crippen LogP contribution in [0.1, 0.15) is 52.5 Å². The normalized spacial score (nSPS) is 26.5. The summed E-state index contributed by atoms with van der Waals surface area (Å²) in [6, 6.07) is 8.68. The molecule has 1 amide bonds.